The predicted molar refractivity (Wildman–Crippen MR) is 96.8 cm³/mol. The zero-order valence-corrected chi connectivity index (χ0v) is 14.7. The summed E-state index contributed by atoms with van der Waals surface area (Å²) in [6, 6.07) is 5.43. The molecule has 3 rings (SSSR count). The highest BCUT2D eigenvalue weighted by Gasteiger charge is 2.19. The van der Waals surface area contributed by atoms with Crippen LogP contribution in [0.4, 0.5) is 11.6 Å². The monoisotopic (exact) mass is 344 g/mol. The minimum atomic E-state index is -0.242. The number of carbonyl (C=O) groups excluding carboxylic acids is 1. The number of halogens is 1. The fourth-order valence-electron chi connectivity index (χ4n) is 2.85. The summed E-state index contributed by atoms with van der Waals surface area (Å²) >= 11 is 6.08. The maximum Gasteiger partial charge on any atom is 0.258 e. The van der Waals surface area contributed by atoms with E-state index in [4.69, 9.17) is 11.6 Å². The Labute approximate surface area is 147 Å². The number of carbonyl (C=O) groups is 1. The van der Waals surface area contributed by atoms with E-state index in [9.17, 15) is 4.79 Å². The highest BCUT2D eigenvalue weighted by molar-refractivity contribution is 6.31. The van der Waals surface area contributed by atoms with E-state index in [1.165, 1.54) is 6.42 Å². The van der Waals surface area contributed by atoms with E-state index in [0.717, 1.165) is 25.1 Å². The summed E-state index contributed by atoms with van der Waals surface area (Å²) in [6.07, 6.45) is 5.55. The molecule has 1 saturated heterocycles. The van der Waals surface area contributed by atoms with Crippen LogP contribution in [-0.2, 0) is 0 Å². The Kier molecular flexibility index (Phi) is 5.00. The molecule has 1 aliphatic heterocycles. The summed E-state index contributed by atoms with van der Waals surface area (Å²) in [7, 11) is 0. The number of hydrogen-bond acceptors (Lipinski definition) is 4. The van der Waals surface area contributed by atoms with Crippen molar-refractivity contribution in [3.63, 3.8) is 0 Å². The lowest BCUT2D eigenvalue weighted by Crippen LogP contribution is -2.35. The van der Waals surface area contributed by atoms with Crippen LogP contribution < -0.4 is 10.2 Å². The van der Waals surface area contributed by atoms with Crippen molar-refractivity contribution in [2.24, 2.45) is 5.92 Å². The largest absolute Gasteiger partial charge is 0.341 e. The van der Waals surface area contributed by atoms with Crippen molar-refractivity contribution in [3.05, 3.63) is 46.7 Å². The third-order valence-corrected chi connectivity index (χ3v) is 4.68. The van der Waals surface area contributed by atoms with E-state index < -0.39 is 0 Å². The number of amides is 1. The molecule has 126 valence electrons. The Morgan fingerprint density at radius 1 is 1.33 bits per heavy atom. The number of nitrogens with zero attached hydrogens (tertiary/aromatic N) is 3. The number of anilines is 2. The summed E-state index contributed by atoms with van der Waals surface area (Å²) in [5, 5.41) is 3.44. The number of benzene rings is 1. The van der Waals surface area contributed by atoms with Crippen molar-refractivity contribution < 1.29 is 4.79 Å². The van der Waals surface area contributed by atoms with Gasteiger partial charge in [-0.1, -0.05) is 24.6 Å². The average Bonchev–Trinajstić information content (AvgIpc) is 2.58. The Morgan fingerprint density at radius 2 is 2.08 bits per heavy atom. The molecule has 1 aromatic heterocycles. The lowest BCUT2D eigenvalue weighted by molar-refractivity contribution is 0.102. The quantitative estimate of drug-likeness (QED) is 0.916. The zero-order valence-electron chi connectivity index (χ0n) is 13.9. The van der Waals surface area contributed by atoms with Gasteiger partial charge in [-0.25, -0.2) is 9.97 Å². The maximum atomic E-state index is 12.3. The van der Waals surface area contributed by atoms with E-state index in [1.54, 1.807) is 18.5 Å². The molecule has 5 nitrogen and oxygen atoms in total. The first-order chi connectivity index (χ1) is 11.5. The molecule has 1 atom stereocenters. The summed E-state index contributed by atoms with van der Waals surface area (Å²) in [5.41, 5.74) is 2.06. The van der Waals surface area contributed by atoms with Gasteiger partial charge in [-0.15, -0.1) is 0 Å². The number of hydrogen-bond donors (Lipinski definition) is 1. The first kappa shape index (κ1) is 16.7. The van der Waals surface area contributed by atoms with Gasteiger partial charge in [0, 0.05) is 36.2 Å². The minimum Gasteiger partial charge on any atom is -0.341 e. The van der Waals surface area contributed by atoms with Crippen LogP contribution in [0.5, 0.6) is 0 Å². The molecule has 0 saturated carbocycles. The van der Waals surface area contributed by atoms with Crippen molar-refractivity contribution in [2.45, 2.75) is 26.7 Å². The van der Waals surface area contributed by atoms with Crippen LogP contribution in [0.2, 0.25) is 5.02 Å². The Bertz CT molecular complexity index is 732. The Morgan fingerprint density at radius 3 is 2.75 bits per heavy atom. The van der Waals surface area contributed by atoms with Gasteiger partial charge in [-0.2, -0.15) is 0 Å². The van der Waals surface area contributed by atoms with E-state index >= 15 is 0 Å². The van der Waals surface area contributed by atoms with Gasteiger partial charge < -0.3 is 10.2 Å². The number of piperidine rings is 1. The summed E-state index contributed by atoms with van der Waals surface area (Å²) in [6.45, 7) is 6.09. The number of rotatable bonds is 3. The Hall–Kier alpha value is -2.14. The number of aromatic nitrogens is 2. The molecule has 2 aromatic rings. The predicted octanol–water partition coefficient (Wildman–Crippen LogP) is 3.93. The van der Waals surface area contributed by atoms with Crippen LogP contribution >= 0.6 is 11.6 Å². The van der Waals surface area contributed by atoms with Crippen LogP contribution in [0, 0.1) is 12.8 Å². The SMILES string of the molecule is Cc1ccc(NC(=O)c2cnc(N3CCCC(C)C3)nc2)cc1Cl. The average molecular weight is 345 g/mol. The van der Waals surface area contributed by atoms with Gasteiger partial charge in [-0.05, 0) is 43.4 Å². The molecule has 0 aliphatic carbocycles. The molecule has 2 heterocycles. The molecular formula is C18H21ClN4O. The molecular weight excluding hydrogens is 324 g/mol. The molecule has 0 bridgehead atoms. The van der Waals surface area contributed by atoms with E-state index in [1.807, 2.05) is 19.1 Å². The third kappa shape index (κ3) is 3.85. The first-order valence-electron chi connectivity index (χ1n) is 8.17. The normalized spacial score (nSPS) is 17.6. The molecule has 1 N–H and O–H groups in total. The summed E-state index contributed by atoms with van der Waals surface area (Å²) in [4.78, 5) is 23.2. The molecule has 1 aliphatic rings. The second-order valence-corrected chi connectivity index (χ2v) is 6.79. The van der Waals surface area contributed by atoms with Crippen LogP contribution in [0.1, 0.15) is 35.7 Å². The van der Waals surface area contributed by atoms with Gasteiger partial charge in [0.2, 0.25) is 5.95 Å². The van der Waals surface area contributed by atoms with Crippen molar-refractivity contribution in [2.75, 3.05) is 23.3 Å². The fraction of sp³-hybridized carbons (Fsp3) is 0.389. The molecule has 1 fully saturated rings. The van der Waals surface area contributed by atoms with E-state index in [-0.39, 0.29) is 5.91 Å². The lowest BCUT2D eigenvalue weighted by atomic mass is 10.0. The Balaban J connectivity index is 1.68. The maximum absolute atomic E-state index is 12.3. The topological polar surface area (TPSA) is 58.1 Å². The van der Waals surface area contributed by atoms with Gasteiger partial charge in [0.1, 0.15) is 0 Å². The standard InChI is InChI=1S/C18H21ClN4O/c1-12-4-3-7-23(11-12)18-20-9-14(10-21-18)17(24)22-15-6-5-13(2)16(19)8-15/h5-6,8-10,12H,3-4,7,11H2,1-2H3,(H,22,24). The van der Waals surface area contributed by atoms with E-state index in [2.05, 4.69) is 27.1 Å². The molecule has 1 unspecified atom stereocenters. The molecule has 1 amide bonds. The molecule has 0 radical (unpaired) electrons. The minimum absolute atomic E-state index is 0.242. The van der Waals surface area contributed by atoms with Crippen molar-refractivity contribution >= 4 is 29.1 Å². The zero-order chi connectivity index (χ0) is 17.1. The molecule has 24 heavy (non-hydrogen) atoms. The highest BCUT2D eigenvalue weighted by atomic mass is 35.5. The van der Waals surface area contributed by atoms with Gasteiger partial charge in [0.25, 0.3) is 5.91 Å². The molecule has 1 aromatic carbocycles. The summed E-state index contributed by atoms with van der Waals surface area (Å²) in [5.74, 6) is 1.10. The van der Waals surface area contributed by atoms with Gasteiger partial charge in [0.05, 0.1) is 5.56 Å². The second-order valence-electron chi connectivity index (χ2n) is 6.38. The first-order valence-corrected chi connectivity index (χ1v) is 8.55. The van der Waals surface area contributed by atoms with Crippen LogP contribution in [0.3, 0.4) is 0 Å². The van der Waals surface area contributed by atoms with Gasteiger partial charge in [0.15, 0.2) is 0 Å². The number of nitrogens with one attached hydrogen (secondary N) is 1. The van der Waals surface area contributed by atoms with Crippen molar-refractivity contribution in [1.82, 2.24) is 9.97 Å². The van der Waals surface area contributed by atoms with E-state index in [0.29, 0.717) is 28.1 Å². The van der Waals surface area contributed by atoms with Gasteiger partial charge in [-0.3, -0.25) is 4.79 Å². The molecule has 0 spiro atoms. The van der Waals surface area contributed by atoms with Crippen LogP contribution in [0.15, 0.2) is 30.6 Å². The lowest BCUT2D eigenvalue weighted by Gasteiger charge is -2.30. The van der Waals surface area contributed by atoms with Gasteiger partial charge >= 0.3 is 0 Å². The van der Waals surface area contributed by atoms with Crippen LogP contribution in [-0.4, -0.2) is 29.0 Å². The second kappa shape index (κ2) is 7.18. The van der Waals surface area contributed by atoms with Crippen molar-refractivity contribution in [3.8, 4) is 0 Å². The number of aryl methyl sites for hydroxylation is 1. The fourth-order valence-corrected chi connectivity index (χ4v) is 3.03. The summed E-state index contributed by atoms with van der Waals surface area (Å²) < 4.78 is 0. The van der Waals surface area contributed by atoms with Crippen LogP contribution in [0.25, 0.3) is 0 Å². The highest BCUT2D eigenvalue weighted by Crippen LogP contribution is 2.21. The van der Waals surface area contributed by atoms with Crippen molar-refractivity contribution in [1.29, 1.82) is 0 Å². The molecule has 6 heteroatoms. The third-order valence-electron chi connectivity index (χ3n) is 4.27. The smallest absolute Gasteiger partial charge is 0.258 e.